The average Bonchev–Trinajstić information content (AvgIpc) is 2.26. The predicted molar refractivity (Wildman–Crippen MR) is 60.9 cm³/mol. The largest absolute Gasteiger partial charge is 0.481 e. The molecule has 1 aromatic rings. The van der Waals surface area contributed by atoms with Crippen molar-refractivity contribution in [3.8, 4) is 0 Å². The van der Waals surface area contributed by atoms with Crippen LogP contribution in [0.25, 0.3) is 0 Å². The molecule has 0 radical (unpaired) electrons. The van der Waals surface area contributed by atoms with Crippen molar-refractivity contribution in [2.24, 2.45) is 11.8 Å². The van der Waals surface area contributed by atoms with Crippen molar-refractivity contribution in [2.45, 2.75) is 26.2 Å². The van der Waals surface area contributed by atoms with E-state index in [0.717, 1.165) is 0 Å². The highest BCUT2D eigenvalue weighted by Gasteiger charge is 2.38. The van der Waals surface area contributed by atoms with E-state index in [9.17, 15) is 13.6 Å². The topological polar surface area (TPSA) is 37.3 Å². The lowest BCUT2D eigenvalue weighted by Crippen LogP contribution is -2.27. The minimum absolute atomic E-state index is 0.132. The van der Waals surface area contributed by atoms with Gasteiger partial charge in [0.15, 0.2) is 0 Å². The third-order valence-electron chi connectivity index (χ3n) is 2.79. The van der Waals surface area contributed by atoms with Gasteiger partial charge in [-0.05, 0) is 5.92 Å². The van der Waals surface area contributed by atoms with Gasteiger partial charge < -0.3 is 5.11 Å². The maximum Gasteiger partial charge on any atom is 0.306 e. The molecule has 1 unspecified atom stereocenters. The first kappa shape index (κ1) is 13.6. The number of carboxylic acids is 1. The van der Waals surface area contributed by atoms with Gasteiger partial charge >= 0.3 is 5.97 Å². The Morgan fingerprint density at radius 3 is 2.24 bits per heavy atom. The van der Waals surface area contributed by atoms with Crippen molar-refractivity contribution in [1.29, 1.82) is 0 Å². The van der Waals surface area contributed by atoms with E-state index in [1.54, 1.807) is 19.9 Å². The second kappa shape index (κ2) is 5.25. The molecule has 17 heavy (non-hydrogen) atoms. The zero-order chi connectivity index (χ0) is 13.1. The Bertz CT molecular complexity index is 374. The van der Waals surface area contributed by atoms with Gasteiger partial charge in [0.2, 0.25) is 0 Å². The lowest BCUT2D eigenvalue weighted by molar-refractivity contribution is -0.148. The highest BCUT2D eigenvalue weighted by molar-refractivity contribution is 5.70. The molecule has 94 valence electrons. The van der Waals surface area contributed by atoms with Crippen LogP contribution in [0.4, 0.5) is 8.78 Å². The SMILES string of the molecule is CC(C)C(CC(F)(F)c1ccccc1)C(=O)O. The van der Waals surface area contributed by atoms with Crippen LogP contribution in [0.2, 0.25) is 0 Å². The number of hydrogen-bond acceptors (Lipinski definition) is 1. The van der Waals surface area contributed by atoms with Crippen LogP contribution in [0.15, 0.2) is 30.3 Å². The molecule has 0 aliphatic rings. The molecule has 0 aromatic heterocycles. The van der Waals surface area contributed by atoms with Crippen molar-refractivity contribution in [3.63, 3.8) is 0 Å². The van der Waals surface area contributed by atoms with Crippen LogP contribution >= 0.6 is 0 Å². The average molecular weight is 242 g/mol. The number of carbonyl (C=O) groups is 1. The van der Waals surface area contributed by atoms with Gasteiger partial charge in [-0.3, -0.25) is 4.79 Å². The van der Waals surface area contributed by atoms with Gasteiger partial charge in [0.05, 0.1) is 5.92 Å². The molecule has 0 aliphatic heterocycles. The lowest BCUT2D eigenvalue weighted by atomic mass is 9.88. The highest BCUT2D eigenvalue weighted by Crippen LogP contribution is 2.36. The summed E-state index contributed by atoms with van der Waals surface area (Å²) in [6.07, 6.45) is -0.663. The summed E-state index contributed by atoms with van der Waals surface area (Å²) in [6, 6.07) is 7.33. The molecule has 0 spiro atoms. The second-order valence-electron chi connectivity index (χ2n) is 4.46. The molecule has 0 fully saturated rings. The lowest BCUT2D eigenvalue weighted by Gasteiger charge is -2.23. The number of aliphatic carboxylic acids is 1. The Hall–Kier alpha value is -1.45. The first-order chi connectivity index (χ1) is 7.84. The standard InChI is InChI=1S/C13H16F2O2/c1-9(2)11(12(16)17)8-13(14,15)10-6-4-3-5-7-10/h3-7,9,11H,8H2,1-2H3,(H,16,17). The summed E-state index contributed by atoms with van der Waals surface area (Å²) in [7, 11) is 0. The molecule has 1 aromatic carbocycles. The maximum atomic E-state index is 13.9. The van der Waals surface area contributed by atoms with E-state index in [2.05, 4.69) is 0 Å². The molecular formula is C13H16F2O2. The fraction of sp³-hybridized carbons (Fsp3) is 0.462. The molecule has 2 nitrogen and oxygen atoms in total. The summed E-state index contributed by atoms with van der Waals surface area (Å²) in [5, 5.41) is 8.92. The first-order valence-corrected chi connectivity index (χ1v) is 5.50. The summed E-state index contributed by atoms with van der Waals surface area (Å²) in [5.41, 5.74) is -0.132. The van der Waals surface area contributed by atoms with E-state index in [-0.39, 0.29) is 11.5 Å². The minimum atomic E-state index is -3.10. The number of hydrogen-bond donors (Lipinski definition) is 1. The first-order valence-electron chi connectivity index (χ1n) is 5.50. The van der Waals surface area contributed by atoms with Gasteiger partial charge in [-0.1, -0.05) is 44.2 Å². The van der Waals surface area contributed by atoms with Gasteiger partial charge in [-0.25, -0.2) is 8.78 Å². The van der Waals surface area contributed by atoms with Crippen LogP contribution in [0, 0.1) is 11.8 Å². The molecule has 1 atom stereocenters. The third-order valence-corrected chi connectivity index (χ3v) is 2.79. The molecule has 1 rings (SSSR count). The summed E-state index contributed by atoms with van der Waals surface area (Å²) in [4.78, 5) is 10.9. The van der Waals surface area contributed by atoms with Crippen LogP contribution in [0.1, 0.15) is 25.8 Å². The Morgan fingerprint density at radius 1 is 1.29 bits per heavy atom. The Labute approximate surface area is 99.3 Å². The van der Waals surface area contributed by atoms with E-state index in [4.69, 9.17) is 5.11 Å². The van der Waals surface area contributed by atoms with Gasteiger partial charge in [0, 0.05) is 12.0 Å². The fourth-order valence-corrected chi connectivity index (χ4v) is 1.68. The second-order valence-corrected chi connectivity index (χ2v) is 4.46. The summed E-state index contributed by atoms with van der Waals surface area (Å²) < 4.78 is 27.7. The van der Waals surface area contributed by atoms with Crippen molar-refractivity contribution >= 4 is 5.97 Å². The van der Waals surface area contributed by atoms with Crippen LogP contribution in [-0.2, 0) is 10.7 Å². The number of alkyl halides is 2. The predicted octanol–water partition coefficient (Wildman–Crippen LogP) is 3.53. The van der Waals surface area contributed by atoms with Crippen LogP contribution in [-0.4, -0.2) is 11.1 Å². The monoisotopic (exact) mass is 242 g/mol. The number of rotatable bonds is 5. The zero-order valence-electron chi connectivity index (χ0n) is 9.86. The van der Waals surface area contributed by atoms with Crippen molar-refractivity contribution < 1.29 is 18.7 Å². The zero-order valence-corrected chi connectivity index (χ0v) is 9.86. The quantitative estimate of drug-likeness (QED) is 0.857. The number of carboxylic acid groups (broad SMARTS) is 1. The molecule has 0 amide bonds. The highest BCUT2D eigenvalue weighted by atomic mass is 19.3. The molecule has 0 saturated heterocycles. The third kappa shape index (κ3) is 3.51. The Morgan fingerprint density at radius 2 is 1.82 bits per heavy atom. The van der Waals surface area contributed by atoms with E-state index in [0.29, 0.717) is 0 Å². The van der Waals surface area contributed by atoms with E-state index in [1.807, 2.05) is 0 Å². The Balaban J connectivity index is 2.88. The summed E-state index contributed by atoms with van der Waals surface area (Å²) in [6.45, 7) is 3.28. The van der Waals surface area contributed by atoms with Crippen LogP contribution < -0.4 is 0 Å². The van der Waals surface area contributed by atoms with Gasteiger partial charge in [-0.2, -0.15) is 0 Å². The van der Waals surface area contributed by atoms with Gasteiger partial charge in [0.25, 0.3) is 5.92 Å². The molecular weight excluding hydrogens is 226 g/mol. The van der Waals surface area contributed by atoms with Gasteiger partial charge in [0.1, 0.15) is 0 Å². The van der Waals surface area contributed by atoms with Crippen molar-refractivity contribution in [3.05, 3.63) is 35.9 Å². The summed E-state index contributed by atoms with van der Waals surface area (Å²) in [5.74, 6) is -5.63. The molecule has 4 heteroatoms. The molecule has 0 saturated carbocycles. The van der Waals surface area contributed by atoms with Gasteiger partial charge in [-0.15, -0.1) is 0 Å². The smallest absolute Gasteiger partial charge is 0.306 e. The number of benzene rings is 1. The van der Waals surface area contributed by atoms with Crippen molar-refractivity contribution in [2.75, 3.05) is 0 Å². The number of halogens is 2. The Kier molecular flexibility index (Phi) is 4.21. The van der Waals surface area contributed by atoms with E-state index >= 15 is 0 Å². The molecule has 1 N–H and O–H groups in total. The van der Waals surface area contributed by atoms with Crippen LogP contribution in [0.3, 0.4) is 0 Å². The van der Waals surface area contributed by atoms with E-state index < -0.39 is 24.2 Å². The van der Waals surface area contributed by atoms with E-state index in [1.165, 1.54) is 24.3 Å². The molecule has 0 aliphatic carbocycles. The fourth-order valence-electron chi connectivity index (χ4n) is 1.68. The maximum absolute atomic E-state index is 13.9. The van der Waals surface area contributed by atoms with Crippen LogP contribution in [0.5, 0.6) is 0 Å². The summed E-state index contributed by atoms with van der Waals surface area (Å²) >= 11 is 0. The molecule has 0 heterocycles. The normalized spacial score (nSPS) is 13.7. The molecule has 0 bridgehead atoms. The van der Waals surface area contributed by atoms with Crippen molar-refractivity contribution in [1.82, 2.24) is 0 Å². The minimum Gasteiger partial charge on any atom is -0.481 e.